The van der Waals surface area contributed by atoms with Crippen LogP contribution in [-0.4, -0.2) is 67.1 Å². The molecule has 116 valence electrons. The van der Waals surface area contributed by atoms with Crippen LogP contribution in [-0.2, 0) is 14.3 Å². The molecule has 2 saturated heterocycles. The van der Waals surface area contributed by atoms with E-state index in [1.54, 1.807) is 0 Å². The number of carbonyl (C=O) groups is 2. The molecular weight excluding hydrogens is 268 g/mol. The maximum absolute atomic E-state index is 12.5. The highest BCUT2D eigenvalue weighted by Gasteiger charge is 2.60. The first kappa shape index (κ1) is 14.7. The predicted molar refractivity (Wildman–Crippen MR) is 78.3 cm³/mol. The second kappa shape index (κ2) is 5.21. The summed E-state index contributed by atoms with van der Waals surface area (Å²) in [7, 11) is 4.33. The van der Waals surface area contributed by atoms with E-state index in [9.17, 15) is 9.59 Å². The molecular formula is C16H25N2O3+. The molecule has 3 heterocycles. The van der Waals surface area contributed by atoms with Crippen molar-refractivity contribution in [2.24, 2.45) is 11.8 Å². The lowest BCUT2D eigenvalue weighted by Crippen LogP contribution is -2.48. The summed E-state index contributed by atoms with van der Waals surface area (Å²) in [4.78, 5) is 26.5. The van der Waals surface area contributed by atoms with Gasteiger partial charge in [0.15, 0.2) is 0 Å². The van der Waals surface area contributed by atoms with Gasteiger partial charge in [-0.25, -0.2) is 0 Å². The van der Waals surface area contributed by atoms with Gasteiger partial charge in [0.25, 0.3) is 0 Å². The molecule has 3 rings (SSSR count). The van der Waals surface area contributed by atoms with E-state index in [2.05, 4.69) is 21.0 Å². The van der Waals surface area contributed by atoms with Crippen molar-refractivity contribution in [3.8, 4) is 0 Å². The lowest BCUT2D eigenvalue weighted by molar-refractivity contribution is -0.889. The number of nitrogens with zero attached hydrogens (tertiary/aromatic N) is 2. The van der Waals surface area contributed by atoms with Crippen LogP contribution >= 0.6 is 0 Å². The third-order valence-electron chi connectivity index (χ3n) is 5.05. The molecule has 5 nitrogen and oxygen atoms in total. The van der Waals surface area contributed by atoms with Gasteiger partial charge in [-0.15, -0.1) is 0 Å². The average molecular weight is 293 g/mol. The van der Waals surface area contributed by atoms with Crippen LogP contribution in [0, 0.1) is 11.8 Å². The third kappa shape index (κ3) is 2.42. The highest BCUT2D eigenvalue weighted by molar-refractivity contribution is 6.06. The van der Waals surface area contributed by atoms with Crippen LogP contribution in [0.4, 0.5) is 0 Å². The zero-order chi connectivity index (χ0) is 15.2. The number of quaternary nitrogens is 1. The van der Waals surface area contributed by atoms with Crippen molar-refractivity contribution in [3.05, 3.63) is 12.2 Å². The first-order valence-corrected chi connectivity index (χ1v) is 7.95. The van der Waals surface area contributed by atoms with Gasteiger partial charge in [0.1, 0.15) is 0 Å². The normalized spacial score (nSPS) is 34.1. The van der Waals surface area contributed by atoms with Gasteiger partial charge < -0.3 is 9.22 Å². The van der Waals surface area contributed by atoms with Crippen molar-refractivity contribution in [1.29, 1.82) is 0 Å². The van der Waals surface area contributed by atoms with Crippen molar-refractivity contribution in [2.45, 2.75) is 32.0 Å². The van der Waals surface area contributed by atoms with Crippen molar-refractivity contribution < 1.29 is 18.8 Å². The van der Waals surface area contributed by atoms with Crippen LogP contribution < -0.4 is 0 Å². The van der Waals surface area contributed by atoms with E-state index in [-0.39, 0.29) is 35.9 Å². The molecule has 4 atom stereocenters. The number of unbranched alkanes of at least 4 members (excludes halogenated alkanes) is 1. The Morgan fingerprint density at radius 2 is 1.67 bits per heavy atom. The molecule has 5 heteroatoms. The van der Waals surface area contributed by atoms with E-state index >= 15 is 0 Å². The topological polar surface area (TPSA) is 46.6 Å². The maximum Gasteiger partial charge on any atom is 0.236 e. The molecule has 0 spiro atoms. The predicted octanol–water partition coefficient (Wildman–Crippen LogP) is 0.801. The fourth-order valence-electron chi connectivity index (χ4n) is 3.65. The van der Waals surface area contributed by atoms with E-state index in [1.807, 2.05) is 12.2 Å². The molecule has 0 saturated carbocycles. The molecule has 2 fully saturated rings. The number of ether oxygens (including phenoxy) is 1. The highest BCUT2D eigenvalue weighted by Crippen LogP contribution is 2.44. The number of carbonyl (C=O) groups excluding carboxylic acids is 2. The summed E-state index contributed by atoms with van der Waals surface area (Å²) < 4.78 is 6.49. The second-order valence-electron chi connectivity index (χ2n) is 7.07. The Morgan fingerprint density at radius 3 is 2.19 bits per heavy atom. The smallest absolute Gasteiger partial charge is 0.236 e. The lowest BCUT2D eigenvalue weighted by Gasteiger charge is -2.31. The molecule has 21 heavy (non-hydrogen) atoms. The molecule has 0 aliphatic carbocycles. The van der Waals surface area contributed by atoms with E-state index in [0.29, 0.717) is 6.54 Å². The summed E-state index contributed by atoms with van der Waals surface area (Å²) in [6, 6.07) is 0. The Kier molecular flexibility index (Phi) is 3.66. The molecule has 0 aromatic heterocycles. The third-order valence-corrected chi connectivity index (χ3v) is 5.05. The Bertz CT molecular complexity index is 456. The number of imide groups is 1. The van der Waals surface area contributed by atoms with Crippen LogP contribution in [0.1, 0.15) is 19.8 Å². The standard InChI is InChI=1S/C16H25N2O3/c1-4-5-9-18(2,3)10-8-17-15(19)13-11-6-7-12(21-11)14(13)16(17)20/h6-7,11-14H,4-5,8-10H2,1-3H3/q+1/t11-,12+,13-,14+. The maximum atomic E-state index is 12.5. The van der Waals surface area contributed by atoms with E-state index in [1.165, 1.54) is 17.7 Å². The molecule has 0 aromatic rings. The number of rotatable bonds is 6. The number of likely N-dealkylation sites (tertiary alicyclic amines) is 1. The molecule has 0 unspecified atom stereocenters. The average Bonchev–Trinajstić information content (AvgIpc) is 3.10. The SMILES string of the molecule is CCCC[N+](C)(C)CCN1C(=O)[C@@H]2[C@H](C1=O)[C@H]1C=C[C@@H]2O1. The van der Waals surface area contributed by atoms with Gasteiger partial charge in [0, 0.05) is 0 Å². The molecule has 2 amide bonds. The van der Waals surface area contributed by atoms with Crippen LogP contribution in [0.2, 0.25) is 0 Å². The Morgan fingerprint density at radius 1 is 1.10 bits per heavy atom. The summed E-state index contributed by atoms with van der Waals surface area (Å²) in [5.41, 5.74) is 0. The van der Waals surface area contributed by atoms with E-state index in [4.69, 9.17) is 4.74 Å². The lowest BCUT2D eigenvalue weighted by atomic mass is 9.85. The minimum Gasteiger partial charge on any atom is -0.365 e. The van der Waals surface area contributed by atoms with Gasteiger partial charge in [-0.1, -0.05) is 25.5 Å². The van der Waals surface area contributed by atoms with Crippen molar-refractivity contribution in [2.75, 3.05) is 33.7 Å². The Balaban J connectivity index is 1.63. The summed E-state index contributed by atoms with van der Waals surface area (Å²) in [6.07, 6.45) is 5.85. The zero-order valence-corrected chi connectivity index (χ0v) is 13.1. The van der Waals surface area contributed by atoms with Gasteiger partial charge in [-0.05, 0) is 6.42 Å². The van der Waals surface area contributed by atoms with E-state index < -0.39 is 0 Å². The summed E-state index contributed by atoms with van der Waals surface area (Å²) >= 11 is 0. The molecule has 3 aliphatic heterocycles. The molecule has 3 aliphatic rings. The van der Waals surface area contributed by atoms with Crippen molar-refractivity contribution in [1.82, 2.24) is 4.90 Å². The first-order valence-electron chi connectivity index (χ1n) is 7.95. The fourth-order valence-corrected chi connectivity index (χ4v) is 3.65. The minimum atomic E-state index is -0.265. The fraction of sp³-hybridized carbons (Fsp3) is 0.750. The largest absolute Gasteiger partial charge is 0.365 e. The Hall–Kier alpha value is -1.20. The highest BCUT2D eigenvalue weighted by atomic mass is 16.5. The first-order chi connectivity index (χ1) is 9.94. The summed E-state index contributed by atoms with van der Waals surface area (Å²) in [6.45, 7) is 4.61. The van der Waals surface area contributed by atoms with E-state index in [0.717, 1.165) is 17.6 Å². The van der Waals surface area contributed by atoms with Crippen LogP contribution in [0.15, 0.2) is 12.2 Å². The van der Waals surface area contributed by atoms with Gasteiger partial charge >= 0.3 is 0 Å². The quantitative estimate of drug-likeness (QED) is 0.413. The van der Waals surface area contributed by atoms with Gasteiger partial charge in [-0.2, -0.15) is 0 Å². The van der Waals surface area contributed by atoms with Gasteiger partial charge in [-0.3, -0.25) is 14.5 Å². The zero-order valence-electron chi connectivity index (χ0n) is 13.1. The number of amides is 2. The van der Waals surface area contributed by atoms with Crippen molar-refractivity contribution in [3.63, 3.8) is 0 Å². The number of fused-ring (bicyclic) bond motifs is 5. The monoisotopic (exact) mass is 293 g/mol. The van der Waals surface area contributed by atoms with Crippen LogP contribution in [0.25, 0.3) is 0 Å². The molecule has 0 N–H and O–H groups in total. The summed E-state index contributed by atoms with van der Waals surface area (Å²) in [5, 5.41) is 0. The number of hydrogen-bond donors (Lipinski definition) is 0. The van der Waals surface area contributed by atoms with Crippen LogP contribution in [0.3, 0.4) is 0 Å². The van der Waals surface area contributed by atoms with Crippen molar-refractivity contribution >= 4 is 11.8 Å². The summed E-state index contributed by atoms with van der Waals surface area (Å²) in [5.74, 6) is -0.591. The van der Waals surface area contributed by atoms with Crippen LogP contribution in [0.5, 0.6) is 0 Å². The Labute approximate surface area is 126 Å². The molecule has 2 bridgehead atoms. The minimum absolute atomic E-state index is 0.0302. The molecule has 0 radical (unpaired) electrons. The van der Waals surface area contributed by atoms with Gasteiger partial charge in [0.05, 0.1) is 57.8 Å². The van der Waals surface area contributed by atoms with Gasteiger partial charge in [0.2, 0.25) is 11.8 Å². The number of hydrogen-bond acceptors (Lipinski definition) is 3. The number of likely N-dealkylation sites (N-methyl/N-ethyl adjacent to an activating group) is 1. The second-order valence-corrected chi connectivity index (χ2v) is 7.07. The molecule has 0 aromatic carbocycles.